The maximum atomic E-state index is 10.8. The van der Waals surface area contributed by atoms with Crippen molar-refractivity contribution in [2.45, 2.75) is 0 Å². The number of rotatable bonds is 6. The van der Waals surface area contributed by atoms with E-state index in [2.05, 4.69) is 20.5 Å². The molecule has 126 valence electrons. The molecule has 0 aliphatic carbocycles. The fourth-order valence-electron chi connectivity index (χ4n) is 1.80. The molecule has 0 saturated carbocycles. The highest BCUT2D eigenvalue weighted by molar-refractivity contribution is 5.81. The van der Waals surface area contributed by atoms with Crippen molar-refractivity contribution in [3.63, 3.8) is 0 Å². The third-order valence-corrected chi connectivity index (χ3v) is 3.03. The van der Waals surface area contributed by atoms with Gasteiger partial charge in [-0.25, -0.2) is 0 Å². The second-order valence-corrected chi connectivity index (χ2v) is 5.42. The van der Waals surface area contributed by atoms with Crippen LogP contribution in [-0.2, 0) is 0 Å². The van der Waals surface area contributed by atoms with Gasteiger partial charge in [0.05, 0.1) is 11.1 Å². The number of non-ortho nitro benzene ring substituents is 1. The van der Waals surface area contributed by atoms with Crippen molar-refractivity contribution >= 4 is 29.5 Å². The molecular weight excluding hydrogens is 310 g/mol. The van der Waals surface area contributed by atoms with E-state index in [1.165, 1.54) is 18.3 Å². The van der Waals surface area contributed by atoms with Crippen LogP contribution in [0.5, 0.6) is 0 Å². The van der Waals surface area contributed by atoms with Gasteiger partial charge in [-0.05, 0) is 0 Å². The van der Waals surface area contributed by atoms with Gasteiger partial charge in [-0.15, -0.1) is 0 Å². The first-order valence-electron chi connectivity index (χ1n) is 7.14. The minimum absolute atomic E-state index is 0.0192. The Kier molecular flexibility index (Phi) is 5.25. The summed E-state index contributed by atoms with van der Waals surface area (Å²) < 4.78 is 0. The molecule has 0 bridgehead atoms. The number of nitrogens with zero attached hydrogens (tertiary/aromatic N) is 6. The maximum Gasteiger partial charge on any atom is 0.270 e. The van der Waals surface area contributed by atoms with E-state index in [1.807, 2.05) is 33.1 Å². The molecule has 0 aliphatic rings. The first-order valence-corrected chi connectivity index (χ1v) is 7.14. The minimum Gasteiger partial charge on any atom is -0.363 e. The van der Waals surface area contributed by atoms with Crippen LogP contribution in [0.1, 0.15) is 5.56 Å². The molecule has 1 aromatic carbocycles. The molecule has 9 heteroatoms. The van der Waals surface area contributed by atoms with Crippen LogP contribution in [0.15, 0.2) is 35.4 Å². The summed E-state index contributed by atoms with van der Waals surface area (Å²) in [5.74, 6) is 1.81. The minimum atomic E-state index is -0.443. The van der Waals surface area contributed by atoms with Crippen LogP contribution >= 0.6 is 0 Å². The van der Waals surface area contributed by atoms with Crippen molar-refractivity contribution in [2.24, 2.45) is 5.10 Å². The number of anilines is 3. The van der Waals surface area contributed by atoms with Gasteiger partial charge < -0.3 is 9.80 Å². The Balaban J connectivity index is 2.19. The van der Waals surface area contributed by atoms with E-state index in [9.17, 15) is 10.1 Å². The van der Waals surface area contributed by atoms with Gasteiger partial charge in [0.2, 0.25) is 5.95 Å². The molecule has 0 radical (unpaired) electrons. The summed E-state index contributed by atoms with van der Waals surface area (Å²) in [4.78, 5) is 22.7. The van der Waals surface area contributed by atoms with Gasteiger partial charge >= 0.3 is 0 Å². The van der Waals surface area contributed by atoms with Crippen LogP contribution in [-0.4, -0.2) is 49.3 Å². The van der Waals surface area contributed by atoms with Crippen LogP contribution < -0.4 is 15.2 Å². The molecule has 0 saturated heterocycles. The number of hydrogen-bond donors (Lipinski definition) is 1. The highest BCUT2D eigenvalue weighted by Gasteiger charge is 2.07. The van der Waals surface area contributed by atoms with Crippen LogP contribution in [0.2, 0.25) is 0 Å². The standard InChI is InChI=1S/C15H19N7O2/c1-20(2)14-9-13(17-15(18-14)21(3)4)19-16-10-11-6-5-7-12(8-11)22(23)24/h5-10H,1-4H3,(H,17,18,19)/b16-10+. The van der Waals surface area contributed by atoms with Crippen molar-refractivity contribution in [1.82, 2.24) is 9.97 Å². The predicted molar refractivity (Wildman–Crippen MR) is 95.0 cm³/mol. The lowest BCUT2D eigenvalue weighted by Crippen LogP contribution is -2.17. The Labute approximate surface area is 139 Å². The van der Waals surface area contributed by atoms with Crippen LogP contribution in [0.25, 0.3) is 0 Å². The Bertz CT molecular complexity index is 733. The normalized spacial score (nSPS) is 10.7. The van der Waals surface area contributed by atoms with E-state index in [4.69, 9.17) is 0 Å². The van der Waals surface area contributed by atoms with Crippen molar-refractivity contribution in [3.05, 3.63) is 46.0 Å². The van der Waals surface area contributed by atoms with Gasteiger partial charge in [-0.3, -0.25) is 15.5 Å². The Morgan fingerprint density at radius 2 is 1.92 bits per heavy atom. The molecule has 0 atom stereocenters. The number of hydrazone groups is 1. The highest BCUT2D eigenvalue weighted by atomic mass is 16.6. The first-order chi connectivity index (χ1) is 11.4. The zero-order valence-electron chi connectivity index (χ0n) is 14.0. The zero-order valence-corrected chi connectivity index (χ0v) is 14.0. The van der Waals surface area contributed by atoms with Crippen molar-refractivity contribution < 1.29 is 4.92 Å². The Morgan fingerprint density at radius 3 is 2.54 bits per heavy atom. The van der Waals surface area contributed by atoms with Gasteiger partial charge in [0.15, 0.2) is 5.82 Å². The molecule has 2 rings (SSSR count). The lowest BCUT2D eigenvalue weighted by atomic mass is 10.2. The van der Waals surface area contributed by atoms with Gasteiger partial charge in [0.25, 0.3) is 5.69 Å². The third kappa shape index (κ3) is 4.38. The molecule has 1 heterocycles. The largest absolute Gasteiger partial charge is 0.363 e. The second-order valence-electron chi connectivity index (χ2n) is 5.42. The van der Waals surface area contributed by atoms with Crippen LogP contribution in [0.3, 0.4) is 0 Å². The molecule has 9 nitrogen and oxygen atoms in total. The van der Waals surface area contributed by atoms with E-state index >= 15 is 0 Å². The fraction of sp³-hybridized carbons (Fsp3) is 0.267. The summed E-state index contributed by atoms with van der Waals surface area (Å²) in [6.45, 7) is 0. The second kappa shape index (κ2) is 7.36. The number of nitrogens with one attached hydrogen (secondary N) is 1. The Morgan fingerprint density at radius 1 is 1.17 bits per heavy atom. The van der Waals surface area contributed by atoms with E-state index in [-0.39, 0.29) is 5.69 Å². The molecule has 1 N–H and O–H groups in total. The summed E-state index contributed by atoms with van der Waals surface area (Å²) in [5.41, 5.74) is 3.46. The van der Waals surface area contributed by atoms with Gasteiger partial charge in [-0.2, -0.15) is 15.1 Å². The molecule has 0 spiro atoms. The van der Waals surface area contributed by atoms with Gasteiger partial charge in [0, 0.05) is 52.0 Å². The van der Waals surface area contributed by atoms with Gasteiger partial charge in [0.1, 0.15) is 5.82 Å². The number of benzene rings is 1. The van der Waals surface area contributed by atoms with E-state index in [0.29, 0.717) is 17.3 Å². The van der Waals surface area contributed by atoms with E-state index in [1.54, 1.807) is 23.1 Å². The number of aromatic nitrogens is 2. The Hall–Kier alpha value is -3.23. The van der Waals surface area contributed by atoms with Gasteiger partial charge in [-0.1, -0.05) is 12.1 Å². The quantitative estimate of drug-likeness (QED) is 0.491. The number of nitro groups is 1. The topological polar surface area (TPSA) is 99.8 Å². The summed E-state index contributed by atoms with van der Waals surface area (Å²) in [6, 6.07) is 7.98. The lowest BCUT2D eigenvalue weighted by molar-refractivity contribution is -0.384. The molecule has 2 aromatic rings. The summed E-state index contributed by atoms with van der Waals surface area (Å²) in [7, 11) is 7.48. The monoisotopic (exact) mass is 329 g/mol. The molecule has 0 unspecified atom stereocenters. The average Bonchev–Trinajstić information content (AvgIpc) is 2.54. The molecule has 0 amide bonds. The summed E-state index contributed by atoms with van der Waals surface area (Å²) in [6.07, 6.45) is 1.50. The SMILES string of the molecule is CN(C)c1cc(N/N=C/c2cccc([N+](=O)[O-])c2)nc(N(C)C)n1. The summed E-state index contributed by atoms with van der Waals surface area (Å²) in [5, 5.41) is 14.9. The summed E-state index contributed by atoms with van der Waals surface area (Å²) >= 11 is 0. The molecule has 24 heavy (non-hydrogen) atoms. The third-order valence-electron chi connectivity index (χ3n) is 3.03. The molecule has 0 aliphatic heterocycles. The fourth-order valence-corrected chi connectivity index (χ4v) is 1.80. The predicted octanol–water partition coefficient (Wildman–Crippen LogP) is 1.96. The van der Waals surface area contributed by atoms with Crippen molar-refractivity contribution in [2.75, 3.05) is 43.4 Å². The molecule has 0 fully saturated rings. The smallest absolute Gasteiger partial charge is 0.270 e. The molecule has 1 aromatic heterocycles. The van der Waals surface area contributed by atoms with Crippen molar-refractivity contribution in [1.29, 1.82) is 0 Å². The lowest BCUT2D eigenvalue weighted by Gasteiger charge is -2.16. The molecular formula is C15H19N7O2. The first kappa shape index (κ1) is 17.1. The highest BCUT2D eigenvalue weighted by Crippen LogP contribution is 2.18. The zero-order chi connectivity index (χ0) is 17.7. The van der Waals surface area contributed by atoms with Crippen molar-refractivity contribution in [3.8, 4) is 0 Å². The number of hydrogen-bond acceptors (Lipinski definition) is 8. The number of nitro benzene ring substituents is 1. The average molecular weight is 329 g/mol. The maximum absolute atomic E-state index is 10.8. The van der Waals surface area contributed by atoms with E-state index < -0.39 is 4.92 Å². The van der Waals surface area contributed by atoms with Crippen LogP contribution in [0, 0.1) is 10.1 Å². The van der Waals surface area contributed by atoms with E-state index in [0.717, 1.165) is 5.82 Å². The van der Waals surface area contributed by atoms with Crippen LogP contribution in [0.4, 0.5) is 23.3 Å².